The van der Waals surface area contributed by atoms with Crippen LogP contribution in [0.1, 0.15) is 10.4 Å². The van der Waals surface area contributed by atoms with E-state index in [4.69, 9.17) is 4.42 Å². The fraction of sp³-hybridized carbons (Fsp3) is 0.118. The van der Waals surface area contributed by atoms with E-state index in [2.05, 4.69) is 20.0 Å². The number of nitrogens with one attached hydrogen (secondary N) is 1. The second-order valence-electron chi connectivity index (χ2n) is 5.42. The molecule has 4 aromatic rings. The van der Waals surface area contributed by atoms with Gasteiger partial charge in [0.2, 0.25) is 5.95 Å². The summed E-state index contributed by atoms with van der Waals surface area (Å²) >= 11 is 0. The number of rotatable bonds is 3. The van der Waals surface area contributed by atoms with Crippen LogP contribution in [0, 0.1) is 5.82 Å². The van der Waals surface area contributed by atoms with Crippen molar-refractivity contribution in [3.05, 3.63) is 47.8 Å². The Kier molecular flexibility index (Phi) is 3.38. The molecule has 0 unspecified atom stereocenters. The Labute approximate surface area is 141 Å². The SMILES string of the molecule is COC(=O)c1cc2nc(Nc3nc4ccccc4o3)n(C)c2cc1F. The van der Waals surface area contributed by atoms with Gasteiger partial charge in [-0.2, -0.15) is 4.98 Å². The summed E-state index contributed by atoms with van der Waals surface area (Å²) in [6.45, 7) is 0. The first-order valence-corrected chi connectivity index (χ1v) is 7.43. The number of carbonyl (C=O) groups is 1. The standard InChI is InChI=1S/C17H13FN4O3/c1-22-13-8-10(18)9(15(23)24-2)7-12(13)19-16(22)21-17-20-11-5-3-4-6-14(11)25-17/h3-8H,1-2H3,(H,19,20,21). The first-order chi connectivity index (χ1) is 12.1. The summed E-state index contributed by atoms with van der Waals surface area (Å²) < 4.78 is 25.9. The molecule has 126 valence electrons. The maximum Gasteiger partial charge on any atom is 0.340 e. The number of hydrogen-bond donors (Lipinski definition) is 1. The number of halogens is 1. The van der Waals surface area contributed by atoms with E-state index in [9.17, 15) is 9.18 Å². The molecule has 1 N–H and O–H groups in total. The minimum absolute atomic E-state index is 0.165. The lowest BCUT2D eigenvalue weighted by Gasteiger charge is -2.03. The third kappa shape index (κ3) is 2.47. The number of fused-ring (bicyclic) bond motifs is 2. The van der Waals surface area contributed by atoms with Crippen molar-refractivity contribution in [2.24, 2.45) is 7.05 Å². The molecular weight excluding hydrogens is 327 g/mol. The average molecular weight is 340 g/mol. The molecule has 0 aliphatic rings. The Hall–Kier alpha value is -3.42. The number of carbonyl (C=O) groups excluding carboxylic acids is 1. The van der Waals surface area contributed by atoms with Crippen molar-refractivity contribution in [1.82, 2.24) is 14.5 Å². The quantitative estimate of drug-likeness (QED) is 0.576. The highest BCUT2D eigenvalue weighted by molar-refractivity contribution is 5.94. The first kappa shape index (κ1) is 15.1. The number of aromatic nitrogens is 3. The van der Waals surface area contributed by atoms with Gasteiger partial charge in [0.05, 0.1) is 23.7 Å². The smallest absolute Gasteiger partial charge is 0.340 e. The number of oxazole rings is 1. The maximum absolute atomic E-state index is 14.1. The summed E-state index contributed by atoms with van der Waals surface area (Å²) in [6.07, 6.45) is 0. The van der Waals surface area contributed by atoms with Gasteiger partial charge < -0.3 is 13.7 Å². The normalized spacial score (nSPS) is 11.2. The van der Waals surface area contributed by atoms with Crippen LogP contribution in [0.2, 0.25) is 0 Å². The zero-order valence-electron chi connectivity index (χ0n) is 13.4. The number of ether oxygens (including phenoxy) is 1. The molecule has 7 nitrogen and oxygen atoms in total. The minimum atomic E-state index is -0.751. The average Bonchev–Trinajstić information content (AvgIpc) is 3.15. The predicted molar refractivity (Wildman–Crippen MR) is 89.3 cm³/mol. The van der Waals surface area contributed by atoms with Crippen molar-refractivity contribution in [2.45, 2.75) is 0 Å². The fourth-order valence-electron chi connectivity index (χ4n) is 2.61. The Balaban J connectivity index is 1.77. The molecule has 0 atom stereocenters. The van der Waals surface area contributed by atoms with Gasteiger partial charge in [0.15, 0.2) is 5.58 Å². The number of methoxy groups -OCH3 is 1. The van der Waals surface area contributed by atoms with E-state index in [-0.39, 0.29) is 11.6 Å². The molecule has 0 saturated carbocycles. The molecule has 0 saturated heterocycles. The van der Waals surface area contributed by atoms with Crippen LogP contribution in [0.4, 0.5) is 16.4 Å². The van der Waals surface area contributed by atoms with Gasteiger partial charge in [0.1, 0.15) is 11.3 Å². The van der Waals surface area contributed by atoms with E-state index in [0.29, 0.717) is 28.1 Å². The van der Waals surface area contributed by atoms with E-state index in [1.165, 1.54) is 19.2 Å². The summed E-state index contributed by atoms with van der Waals surface area (Å²) in [4.78, 5) is 20.3. The molecule has 0 bridgehead atoms. The van der Waals surface area contributed by atoms with Gasteiger partial charge in [0.25, 0.3) is 0 Å². The van der Waals surface area contributed by atoms with Crippen LogP contribution < -0.4 is 5.32 Å². The van der Waals surface area contributed by atoms with E-state index >= 15 is 0 Å². The highest BCUT2D eigenvalue weighted by Gasteiger charge is 2.18. The molecule has 2 aromatic heterocycles. The van der Waals surface area contributed by atoms with Crippen LogP contribution >= 0.6 is 0 Å². The number of hydrogen-bond acceptors (Lipinski definition) is 6. The van der Waals surface area contributed by atoms with E-state index in [1.807, 2.05) is 18.2 Å². The third-order valence-corrected chi connectivity index (χ3v) is 3.89. The monoisotopic (exact) mass is 340 g/mol. The molecule has 8 heteroatoms. The fourth-order valence-corrected chi connectivity index (χ4v) is 2.61. The summed E-state index contributed by atoms with van der Waals surface area (Å²) in [5.41, 5.74) is 2.15. The molecule has 4 rings (SSSR count). The molecule has 0 amide bonds. The zero-order valence-corrected chi connectivity index (χ0v) is 13.4. The number of para-hydroxylation sites is 2. The van der Waals surface area contributed by atoms with Gasteiger partial charge >= 0.3 is 12.0 Å². The largest absolute Gasteiger partial charge is 0.465 e. The lowest BCUT2D eigenvalue weighted by atomic mass is 10.2. The van der Waals surface area contributed by atoms with Crippen molar-refractivity contribution < 1.29 is 18.3 Å². The molecule has 0 aliphatic carbocycles. The Bertz CT molecular complexity index is 1080. The van der Waals surface area contributed by atoms with Gasteiger partial charge in [-0.15, -0.1) is 0 Å². The second-order valence-corrected chi connectivity index (χ2v) is 5.42. The summed E-state index contributed by atoms with van der Waals surface area (Å²) in [5.74, 6) is -1.02. The Morgan fingerprint density at radius 1 is 1.24 bits per heavy atom. The van der Waals surface area contributed by atoms with E-state index in [1.54, 1.807) is 17.7 Å². The molecular formula is C17H13FN4O3. The van der Waals surface area contributed by atoms with Gasteiger partial charge in [-0.25, -0.2) is 14.2 Å². The predicted octanol–water partition coefficient (Wildman–Crippen LogP) is 3.38. The number of benzene rings is 2. The first-order valence-electron chi connectivity index (χ1n) is 7.43. The third-order valence-electron chi connectivity index (χ3n) is 3.89. The van der Waals surface area contributed by atoms with E-state index < -0.39 is 11.8 Å². The lowest BCUT2D eigenvalue weighted by Crippen LogP contribution is -2.04. The van der Waals surface area contributed by atoms with Crippen molar-refractivity contribution in [2.75, 3.05) is 12.4 Å². The molecule has 2 heterocycles. The highest BCUT2D eigenvalue weighted by atomic mass is 19.1. The topological polar surface area (TPSA) is 82.2 Å². The van der Waals surface area contributed by atoms with Crippen molar-refractivity contribution in [3.8, 4) is 0 Å². The minimum Gasteiger partial charge on any atom is -0.465 e. The molecule has 0 radical (unpaired) electrons. The molecule has 0 spiro atoms. The van der Waals surface area contributed by atoms with Gasteiger partial charge in [-0.05, 0) is 18.2 Å². The van der Waals surface area contributed by atoms with Crippen LogP contribution in [0.5, 0.6) is 0 Å². The lowest BCUT2D eigenvalue weighted by molar-refractivity contribution is 0.0595. The van der Waals surface area contributed by atoms with Crippen LogP contribution in [0.15, 0.2) is 40.8 Å². The second kappa shape index (κ2) is 5.59. The molecule has 0 aliphatic heterocycles. The maximum atomic E-state index is 14.1. The van der Waals surface area contributed by atoms with Gasteiger partial charge in [-0.1, -0.05) is 12.1 Å². The summed E-state index contributed by atoms with van der Waals surface area (Å²) in [6, 6.07) is 10.2. The summed E-state index contributed by atoms with van der Waals surface area (Å²) in [5, 5.41) is 2.97. The van der Waals surface area contributed by atoms with Gasteiger partial charge in [0, 0.05) is 13.1 Å². The van der Waals surface area contributed by atoms with Crippen LogP contribution in [0.3, 0.4) is 0 Å². The van der Waals surface area contributed by atoms with Crippen molar-refractivity contribution in [1.29, 1.82) is 0 Å². The molecule has 0 fully saturated rings. The van der Waals surface area contributed by atoms with E-state index in [0.717, 1.165) is 0 Å². The molecule has 2 aromatic carbocycles. The Morgan fingerprint density at radius 2 is 2.04 bits per heavy atom. The van der Waals surface area contributed by atoms with Gasteiger partial charge in [-0.3, -0.25) is 5.32 Å². The number of aryl methyl sites for hydroxylation is 1. The van der Waals surface area contributed by atoms with Crippen molar-refractivity contribution in [3.63, 3.8) is 0 Å². The number of nitrogens with zero attached hydrogens (tertiary/aromatic N) is 3. The number of anilines is 2. The van der Waals surface area contributed by atoms with Crippen LogP contribution in [0.25, 0.3) is 22.1 Å². The zero-order chi connectivity index (χ0) is 17.6. The Morgan fingerprint density at radius 3 is 2.80 bits per heavy atom. The summed E-state index contributed by atoms with van der Waals surface area (Å²) in [7, 11) is 2.92. The van der Waals surface area contributed by atoms with Crippen molar-refractivity contribution >= 4 is 40.1 Å². The highest BCUT2D eigenvalue weighted by Crippen LogP contribution is 2.26. The molecule has 25 heavy (non-hydrogen) atoms. The van der Waals surface area contributed by atoms with Crippen LogP contribution in [-0.4, -0.2) is 27.6 Å². The number of esters is 1. The van der Waals surface area contributed by atoms with Crippen LogP contribution in [-0.2, 0) is 11.8 Å². The number of imidazole rings is 1.